The van der Waals surface area contributed by atoms with Crippen LogP contribution in [0.15, 0.2) is 24.3 Å². The van der Waals surface area contributed by atoms with E-state index < -0.39 is 0 Å². The molecule has 126 valence electrons. The SMILES string of the molecule is COC[C@H]1CN(C(=O)c2ccccc2OC)CC12CCOCC2. The molecule has 1 spiro atoms. The summed E-state index contributed by atoms with van der Waals surface area (Å²) >= 11 is 0. The van der Waals surface area contributed by atoms with Crippen LogP contribution in [0.1, 0.15) is 23.2 Å². The molecule has 1 aromatic carbocycles. The maximum absolute atomic E-state index is 13.0. The number of carbonyl (C=O) groups excluding carboxylic acids is 1. The van der Waals surface area contributed by atoms with E-state index in [0.717, 1.165) is 39.1 Å². The number of hydrogen-bond donors (Lipinski definition) is 0. The van der Waals surface area contributed by atoms with E-state index in [0.29, 0.717) is 23.8 Å². The zero-order valence-corrected chi connectivity index (χ0v) is 13.9. The third-order valence-electron chi connectivity index (χ3n) is 5.29. The predicted octanol–water partition coefficient (Wildman–Crippen LogP) is 2.21. The number of methoxy groups -OCH3 is 2. The number of amides is 1. The number of hydrogen-bond acceptors (Lipinski definition) is 4. The van der Waals surface area contributed by atoms with Crippen LogP contribution in [-0.4, -0.2) is 57.9 Å². The molecule has 2 aliphatic rings. The Labute approximate surface area is 137 Å². The van der Waals surface area contributed by atoms with E-state index in [9.17, 15) is 4.79 Å². The third-order valence-corrected chi connectivity index (χ3v) is 5.29. The van der Waals surface area contributed by atoms with Gasteiger partial charge in [-0.15, -0.1) is 0 Å². The van der Waals surface area contributed by atoms with Gasteiger partial charge in [0.15, 0.2) is 0 Å². The lowest BCUT2D eigenvalue weighted by molar-refractivity contribution is -0.0169. The van der Waals surface area contributed by atoms with Crippen molar-refractivity contribution in [2.45, 2.75) is 12.8 Å². The molecule has 2 aliphatic heterocycles. The monoisotopic (exact) mass is 319 g/mol. The first-order valence-corrected chi connectivity index (χ1v) is 8.19. The summed E-state index contributed by atoms with van der Waals surface area (Å²) in [7, 11) is 3.33. The van der Waals surface area contributed by atoms with E-state index in [1.807, 2.05) is 29.2 Å². The summed E-state index contributed by atoms with van der Waals surface area (Å²) in [5, 5.41) is 0. The number of ether oxygens (including phenoxy) is 3. The number of likely N-dealkylation sites (tertiary alicyclic amines) is 1. The van der Waals surface area contributed by atoms with Gasteiger partial charge >= 0.3 is 0 Å². The predicted molar refractivity (Wildman–Crippen MR) is 86.7 cm³/mol. The molecule has 1 atom stereocenters. The Morgan fingerprint density at radius 2 is 2.04 bits per heavy atom. The quantitative estimate of drug-likeness (QED) is 0.854. The highest BCUT2D eigenvalue weighted by atomic mass is 16.5. The highest BCUT2D eigenvalue weighted by molar-refractivity contribution is 5.97. The molecular weight excluding hydrogens is 294 g/mol. The summed E-state index contributed by atoms with van der Waals surface area (Å²) in [5.41, 5.74) is 0.765. The van der Waals surface area contributed by atoms with Gasteiger partial charge in [0.25, 0.3) is 5.91 Å². The van der Waals surface area contributed by atoms with Crippen molar-refractivity contribution in [1.82, 2.24) is 4.90 Å². The van der Waals surface area contributed by atoms with Crippen LogP contribution in [0.4, 0.5) is 0 Å². The van der Waals surface area contributed by atoms with E-state index in [-0.39, 0.29) is 11.3 Å². The molecule has 0 bridgehead atoms. The van der Waals surface area contributed by atoms with E-state index in [1.54, 1.807) is 14.2 Å². The van der Waals surface area contributed by atoms with E-state index in [2.05, 4.69) is 0 Å². The minimum Gasteiger partial charge on any atom is -0.496 e. The van der Waals surface area contributed by atoms with Gasteiger partial charge in [0, 0.05) is 39.3 Å². The Morgan fingerprint density at radius 1 is 1.30 bits per heavy atom. The number of carbonyl (C=O) groups is 1. The van der Waals surface area contributed by atoms with Crippen molar-refractivity contribution in [2.75, 3.05) is 47.1 Å². The van der Waals surface area contributed by atoms with Gasteiger partial charge in [-0.05, 0) is 30.4 Å². The standard InChI is InChI=1S/C18H25NO4/c1-21-12-14-11-19(13-18(14)7-9-23-10-8-18)17(20)15-5-3-4-6-16(15)22-2/h3-6,14H,7-13H2,1-2H3/t14-/m1/s1. The van der Waals surface area contributed by atoms with Gasteiger partial charge in [0.05, 0.1) is 19.3 Å². The van der Waals surface area contributed by atoms with Crippen molar-refractivity contribution in [2.24, 2.45) is 11.3 Å². The molecule has 1 amide bonds. The van der Waals surface area contributed by atoms with Crippen LogP contribution in [0.3, 0.4) is 0 Å². The molecular formula is C18H25NO4. The lowest BCUT2D eigenvalue weighted by Gasteiger charge is -2.37. The second-order valence-electron chi connectivity index (χ2n) is 6.51. The highest BCUT2D eigenvalue weighted by Crippen LogP contribution is 2.45. The zero-order chi connectivity index (χ0) is 16.3. The Bertz CT molecular complexity index is 554. The lowest BCUT2D eigenvalue weighted by Crippen LogP contribution is -2.39. The van der Waals surface area contributed by atoms with Gasteiger partial charge < -0.3 is 19.1 Å². The number of rotatable bonds is 4. The molecule has 2 fully saturated rings. The molecule has 0 saturated carbocycles. The van der Waals surface area contributed by atoms with Crippen LogP contribution < -0.4 is 4.74 Å². The fraction of sp³-hybridized carbons (Fsp3) is 0.611. The van der Waals surface area contributed by atoms with Gasteiger partial charge in [-0.2, -0.15) is 0 Å². The lowest BCUT2D eigenvalue weighted by atomic mass is 9.72. The van der Waals surface area contributed by atoms with Crippen molar-refractivity contribution in [3.05, 3.63) is 29.8 Å². The second-order valence-corrected chi connectivity index (χ2v) is 6.51. The Hall–Kier alpha value is -1.59. The summed E-state index contributed by atoms with van der Waals surface area (Å²) < 4.78 is 16.3. The molecule has 0 unspecified atom stereocenters. The zero-order valence-electron chi connectivity index (χ0n) is 13.9. The van der Waals surface area contributed by atoms with Crippen molar-refractivity contribution in [3.8, 4) is 5.75 Å². The normalized spacial score (nSPS) is 23.2. The summed E-state index contributed by atoms with van der Waals surface area (Å²) in [6.07, 6.45) is 1.99. The minimum absolute atomic E-state index is 0.0481. The largest absolute Gasteiger partial charge is 0.496 e. The highest BCUT2D eigenvalue weighted by Gasteiger charge is 2.48. The Morgan fingerprint density at radius 3 is 2.74 bits per heavy atom. The average molecular weight is 319 g/mol. The molecule has 2 saturated heterocycles. The number of para-hydroxylation sites is 1. The van der Waals surface area contributed by atoms with Crippen molar-refractivity contribution < 1.29 is 19.0 Å². The molecule has 0 aliphatic carbocycles. The molecule has 0 aromatic heterocycles. The fourth-order valence-electron chi connectivity index (χ4n) is 3.95. The maximum atomic E-state index is 13.0. The summed E-state index contributed by atoms with van der Waals surface area (Å²) in [6.45, 7) is 3.76. The molecule has 0 radical (unpaired) electrons. The van der Waals surface area contributed by atoms with Crippen LogP contribution in [-0.2, 0) is 9.47 Å². The number of nitrogens with zero attached hydrogens (tertiary/aromatic N) is 1. The molecule has 5 heteroatoms. The molecule has 5 nitrogen and oxygen atoms in total. The Balaban J connectivity index is 1.82. The van der Waals surface area contributed by atoms with Crippen molar-refractivity contribution >= 4 is 5.91 Å². The van der Waals surface area contributed by atoms with Crippen LogP contribution in [0.2, 0.25) is 0 Å². The first kappa shape index (κ1) is 16.3. The van der Waals surface area contributed by atoms with Gasteiger partial charge in [0.2, 0.25) is 0 Å². The van der Waals surface area contributed by atoms with Crippen LogP contribution in [0.5, 0.6) is 5.75 Å². The molecule has 0 N–H and O–H groups in total. The first-order chi connectivity index (χ1) is 11.2. The molecule has 2 heterocycles. The van der Waals surface area contributed by atoms with Crippen LogP contribution >= 0.6 is 0 Å². The van der Waals surface area contributed by atoms with Crippen LogP contribution in [0.25, 0.3) is 0 Å². The van der Waals surface area contributed by atoms with Crippen LogP contribution in [0, 0.1) is 11.3 Å². The summed E-state index contributed by atoms with van der Waals surface area (Å²) in [4.78, 5) is 14.9. The minimum atomic E-state index is 0.0481. The Kier molecular flexibility index (Phi) is 4.87. The molecule has 23 heavy (non-hydrogen) atoms. The summed E-state index contributed by atoms with van der Waals surface area (Å²) in [6, 6.07) is 7.43. The van der Waals surface area contributed by atoms with E-state index in [4.69, 9.17) is 14.2 Å². The van der Waals surface area contributed by atoms with Crippen molar-refractivity contribution in [3.63, 3.8) is 0 Å². The average Bonchev–Trinajstić information content (AvgIpc) is 2.93. The van der Waals surface area contributed by atoms with Gasteiger partial charge in [-0.1, -0.05) is 12.1 Å². The smallest absolute Gasteiger partial charge is 0.257 e. The fourth-order valence-corrected chi connectivity index (χ4v) is 3.95. The summed E-state index contributed by atoms with van der Waals surface area (Å²) in [5.74, 6) is 1.05. The van der Waals surface area contributed by atoms with Gasteiger partial charge in [-0.25, -0.2) is 0 Å². The van der Waals surface area contributed by atoms with Crippen molar-refractivity contribution in [1.29, 1.82) is 0 Å². The van der Waals surface area contributed by atoms with E-state index >= 15 is 0 Å². The second kappa shape index (κ2) is 6.89. The van der Waals surface area contributed by atoms with E-state index in [1.165, 1.54) is 0 Å². The van der Waals surface area contributed by atoms with Gasteiger partial charge in [-0.3, -0.25) is 4.79 Å². The molecule has 1 aromatic rings. The third kappa shape index (κ3) is 3.08. The van der Waals surface area contributed by atoms with Gasteiger partial charge in [0.1, 0.15) is 5.75 Å². The number of benzene rings is 1. The first-order valence-electron chi connectivity index (χ1n) is 8.19. The topological polar surface area (TPSA) is 48.0 Å². The molecule has 3 rings (SSSR count). The maximum Gasteiger partial charge on any atom is 0.257 e.